The lowest BCUT2D eigenvalue weighted by molar-refractivity contribution is -0.147. The van der Waals surface area contributed by atoms with Gasteiger partial charge in [0, 0.05) is 6.42 Å². The number of hydrogen-bond acceptors (Lipinski definition) is 7. The molecular weight excluding hydrogens is 472 g/mol. The molecule has 36 heavy (non-hydrogen) atoms. The summed E-state index contributed by atoms with van der Waals surface area (Å²) in [5.74, 6) is -4.75. The van der Waals surface area contributed by atoms with Crippen LogP contribution in [0.25, 0.3) is 0 Å². The number of rotatable bonds is 13. The standard InChI is InChI=1S/C24H34N4O8/c1-13(2)10-17(26-21(32)16-4-3-9-25-16)22(33)27-18(11-14-5-7-15(29)8-6-14)23(34)28-19(24(35)36)12-20(30)31/h5-8,13,16-19,25,29H,3-4,9-12H2,1-2H3,(H,26,32)(H,27,33)(H,28,34)(H,30,31)(H,35,36). The Morgan fingerprint density at radius 3 is 2.08 bits per heavy atom. The number of benzene rings is 1. The van der Waals surface area contributed by atoms with Crippen LogP contribution >= 0.6 is 0 Å². The van der Waals surface area contributed by atoms with E-state index >= 15 is 0 Å². The van der Waals surface area contributed by atoms with E-state index < -0.39 is 54.3 Å². The van der Waals surface area contributed by atoms with Gasteiger partial charge in [-0.1, -0.05) is 26.0 Å². The molecule has 0 saturated carbocycles. The Bertz CT molecular complexity index is 944. The highest BCUT2D eigenvalue weighted by atomic mass is 16.4. The molecule has 1 saturated heterocycles. The fourth-order valence-corrected chi connectivity index (χ4v) is 3.88. The lowest BCUT2D eigenvalue weighted by atomic mass is 10.00. The summed E-state index contributed by atoms with van der Waals surface area (Å²) in [6.45, 7) is 4.46. The van der Waals surface area contributed by atoms with Crippen molar-refractivity contribution < 1.29 is 39.3 Å². The average Bonchev–Trinajstić information content (AvgIpc) is 3.33. The quantitative estimate of drug-likeness (QED) is 0.189. The Kier molecular flexibility index (Phi) is 10.7. The molecule has 1 aromatic rings. The lowest BCUT2D eigenvalue weighted by Crippen LogP contribution is -2.58. The maximum atomic E-state index is 13.2. The topological polar surface area (TPSA) is 194 Å². The second-order valence-electron chi connectivity index (χ2n) is 9.27. The van der Waals surface area contributed by atoms with E-state index in [9.17, 15) is 34.2 Å². The van der Waals surface area contributed by atoms with Crippen LogP contribution in [0.3, 0.4) is 0 Å². The second kappa shape index (κ2) is 13.4. The van der Waals surface area contributed by atoms with Crippen molar-refractivity contribution >= 4 is 29.7 Å². The van der Waals surface area contributed by atoms with Gasteiger partial charge in [-0.25, -0.2) is 4.79 Å². The molecule has 0 aromatic heterocycles. The molecular formula is C24H34N4O8. The third kappa shape index (κ3) is 9.17. The van der Waals surface area contributed by atoms with Crippen molar-refractivity contribution in [2.75, 3.05) is 6.54 Å². The maximum absolute atomic E-state index is 13.2. The average molecular weight is 507 g/mol. The lowest BCUT2D eigenvalue weighted by Gasteiger charge is -2.26. The number of carboxylic acids is 2. The van der Waals surface area contributed by atoms with Crippen LogP contribution in [0.2, 0.25) is 0 Å². The van der Waals surface area contributed by atoms with Crippen LogP contribution < -0.4 is 21.3 Å². The first-order valence-corrected chi connectivity index (χ1v) is 11.8. The summed E-state index contributed by atoms with van der Waals surface area (Å²) >= 11 is 0. The van der Waals surface area contributed by atoms with Crippen molar-refractivity contribution in [1.29, 1.82) is 0 Å². The Balaban J connectivity index is 2.22. The molecule has 1 fully saturated rings. The molecule has 1 aliphatic rings. The molecule has 3 amide bonds. The van der Waals surface area contributed by atoms with Crippen molar-refractivity contribution in [3.63, 3.8) is 0 Å². The first-order valence-electron chi connectivity index (χ1n) is 11.8. The molecule has 0 radical (unpaired) electrons. The van der Waals surface area contributed by atoms with E-state index in [4.69, 9.17) is 5.11 Å². The third-order valence-electron chi connectivity index (χ3n) is 5.72. The summed E-state index contributed by atoms with van der Waals surface area (Å²) in [7, 11) is 0. The number of nitrogens with one attached hydrogen (secondary N) is 4. The van der Waals surface area contributed by atoms with E-state index in [-0.39, 0.29) is 24.0 Å². The zero-order valence-electron chi connectivity index (χ0n) is 20.3. The van der Waals surface area contributed by atoms with Gasteiger partial charge in [0.15, 0.2) is 0 Å². The minimum absolute atomic E-state index is 0.00332. The van der Waals surface area contributed by atoms with Gasteiger partial charge in [0.2, 0.25) is 17.7 Å². The van der Waals surface area contributed by atoms with Gasteiger partial charge in [-0.05, 0) is 49.4 Å². The smallest absolute Gasteiger partial charge is 0.326 e. The van der Waals surface area contributed by atoms with Gasteiger partial charge in [-0.3, -0.25) is 19.2 Å². The molecule has 0 bridgehead atoms. The molecule has 0 spiro atoms. The van der Waals surface area contributed by atoms with Crippen LogP contribution in [0.5, 0.6) is 5.75 Å². The highest BCUT2D eigenvalue weighted by Gasteiger charge is 2.32. The number of carbonyl (C=O) groups excluding carboxylic acids is 3. The van der Waals surface area contributed by atoms with Crippen LogP contribution in [-0.4, -0.2) is 75.7 Å². The Morgan fingerprint density at radius 2 is 1.56 bits per heavy atom. The first-order chi connectivity index (χ1) is 17.0. The molecule has 4 atom stereocenters. The van der Waals surface area contributed by atoms with Gasteiger partial charge in [0.05, 0.1) is 12.5 Å². The SMILES string of the molecule is CC(C)CC(NC(=O)C1CCCN1)C(=O)NC(Cc1ccc(O)cc1)C(=O)NC(CC(=O)O)C(=O)O. The van der Waals surface area contributed by atoms with Gasteiger partial charge in [-0.2, -0.15) is 0 Å². The highest BCUT2D eigenvalue weighted by Crippen LogP contribution is 2.13. The Morgan fingerprint density at radius 1 is 0.944 bits per heavy atom. The Labute approximate surface area is 208 Å². The largest absolute Gasteiger partial charge is 0.508 e. The van der Waals surface area contributed by atoms with Gasteiger partial charge >= 0.3 is 11.9 Å². The highest BCUT2D eigenvalue weighted by molar-refractivity contribution is 5.94. The van der Waals surface area contributed by atoms with E-state index in [2.05, 4.69) is 21.3 Å². The van der Waals surface area contributed by atoms with Crippen LogP contribution in [0, 0.1) is 5.92 Å². The molecule has 1 heterocycles. The van der Waals surface area contributed by atoms with Crippen molar-refractivity contribution in [3.05, 3.63) is 29.8 Å². The fourth-order valence-electron chi connectivity index (χ4n) is 3.88. The molecule has 2 rings (SSSR count). The van der Waals surface area contributed by atoms with E-state index in [0.29, 0.717) is 24.9 Å². The van der Waals surface area contributed by atoms with E-state index in [1.54, 1.807) is 0 Å². The number of carbonyl (C=O) groups is 5. The summed E-state index contributed by atoms with van der Waals surface area (Å²) in [5.41, 5.74) is 0.554. The normalized spacial score (nSPS) is 17.6. The van der Waals surface area contributed by atoms with Crippen LogP contribution in [0.1, 0.15) is 45.1 Å². The summed E-state index contributed by atoms with van der Waals surface area (Å²) in [4.78, 5) is 61.3. The maximum Gasteiger partial charge on any atom is 0.326 e. The molecule has 198 valence electrons. The monoisotopic (exact) mass is 506 g/mol. The van der Waals surface area contributed by atoms with Crippen molar-refractivity contribution in [3.8, 4) is 5.75 Å². The second-order valence-corrected chi connectivity index (χ2v) is 9.27. The number of aliphatic carboxylic acids is 2. The van der Waals surface area contributed by atoms with Gasteiger partial charge in [0.1, 0.15) is 23.9 Å². The van der Waals surface area contributed by atoms with Crippen molar-refractivity contribution in [2.45, 2.75) is 70.1 Å². The van der Waals surface area contributed by atoms with Gasteiger partial charge in [0.25, 0.3) is 0 Å². The summed E-state index contributed by atoms with van der Waals surface area (Å²) in [6, 6.07) is 1.54. The summed E-state index contributed by atoms with van der Waals surface area (Å²) in [6.07, 6.45) is 0.878. The molecule has 0 aliphatic carbocycles. The molecule has 4 unspecified atom stereocenters. The minimum Gasteiger partial charge on any atom is -0.508 e. The molecule has 7 N–H and O–H groups in total. The number of hydrogen-bond donors (Lipinski definition) is 7. The zero-order chi connectivity index (χ0) is 26.8. The number of phenolic OH excluding ortho intramolecular Hbond substituents is 1. The predicted molar refractivity (Wildman–Crippen MR) is 128 cm³/mol. The van der Waals surface area contributed by atoms with Crippen LogP contribution in [0.15, 0.2) is 24.3 Å². The molecule has 12 heteroatoms. The summed E-state index contributed by atoms with van der Waals surface area (Å²) in [5, 5.41) is 38.4. The number of phenols is 1. The molecule has 1 aliphatic heterocycles. The van der Waals surface area contributed by atoms with E-state index in [1.165, 1.54) is 24.3 Å². The first kappa shape index (κ1) is 28.6. The summed E-state index contributed by atoms with van der Waals surface area (Å²) < 4.78 is 0. The van der Waals surface area contributed by atoms with Gasteiger partial charge in [-0.15, -0.1) is 0 Å². The zero-order valence-corrected chi connectivity index (χ0v) is 20.3. The number of aromatic hydroxyl groups is 1. The fraction of sp³-hybridized carbons (Fsp3) is 0.542. The van der Waals surface area contributed by atoms with Crippen LogP contribution in [-0.2, 0) is 30.4 Å². The number of amides is 3. The minimum atomic E-state index is -1.70. The molecule has 1 aromatic carbocycles. The Hall–Kier alpha value is -3.67. The van der Waals surface area contributed by atoms with Crippen molar-refractivity contribution in [1.82, 2.24) is 21.3 Å². The van der Waals surface area contributed by atoms with Crippen molar-refractivity contribution in [2.24, 2.45) is 5.92 Å². The predicted octanol–water partition coefficient (Wildman–Crippen LogP) is -0.253. The van der Waals surface area contributed by atoms with E-state index in [0.717, 1.165) is 6.42 Å². The molecule has 12 nitrogen and oxygen atoms in total. The van der Waals surface area contributed by atoms with E-state index in [1.807, 2.05) is 13.8 Å². The third-order valence-corrected chi connectivity index (χ3v) is 5.72. The number of carboxylic acid groups (broad SMARTS) is 2. The van der Waals surface area contributed by atoms with Crippen LogP contribution in [0.4, 0.5) is 0 Å². The van der Waals surface area contributed by atoms with Gasteiger partial charge < -0.3 is 36.6 Å².